The van der Waals surface area contributed by atoms with Crippen molar-refractivity contribution in [2.24, 2.45) is 29.6 Å². The second-order valence-electron chi connectivity index (χ2n) is 24.7. The highest BCUT2D eigenvalue weighted by Crippen LogP contribution is 2.24. The Morgan fingerprint density at radius 1 is 0.675 bits per heavy atom. The number of nitrogens with one attached hydrogen (secondary N) is 2. The van der Waals surface area contributed by atoms with Crippen LogP contribution in [0.25, 0.3) is 0 Å². The Kier molecular flexibility index (Phi) is 28.6. The maximum Gasteiger partial charge on any atom is 0.324 e. The molecule has 0 bridgehead atoms. The van der Waals surface area contributed by atoms with Crippen molar-refractivity contribution in [2.45, 2.75) is 189 Å². The second kappa shape index (κ2) is 32.7. The molecule has 0 radical (unpaired) electrons. The van der Waals surface area contributed by atoms with Crippen LogP contribution in [0.1, 0.15) is 128 Å². The molecule has 1 aliphatic rings. The normalized spacial score (nSPS) is 22.5. The first-order chi connectivity index (χ1) is 38.5. The molecule has 1 heterocycles. The number of nitrogens with zero attached hydrogens (tertiary/aromatic N) is 8. The van der Waals surface area contributed by atoms with Gasteiger partial charge in [0.2, 0.25) is 47.3 Å². The predicted molar refractivity (Wildman–Crippen MR) is 319 cm³/mol. The first kappa shape index (κ1) is 72.8. The lowest BCUT2D eigenvalue weighted by Gasteiger charge is -2.40. The SMILES string of the molecule is CC[C@H](C)[C@H]1C(=O)N[C@@H](C)C(=O)N(C)[C@@H](CC(C)C)C(=O)N[C@@H](Cc2ccc(OC)cc2)C(=O)N(C)CCC[C@@H](N(C)C(=O)[C@H](CC(C)C)N(C)C(=O)[C@H](C)N(C)C(=O)[C@H](OC(=O)[C@H](C(C)C)N(C)C)C(C)C)C(=O)N(C)[C@@H](C)C(=O)N1C. The molecule has 0 aliphatic carbocycles. The van der Waals surface area contributed by atoms with Gasteiger partial charge < -0.3 is 54.4 Å². The Morgan fingerprint density at radius 3 is 1.75 bits per heavy atom. The zero-order chi connectivity index (χ0) is 63.8. The number of ether oxygens (including phenoxy) is 2. The molecule has 1 aromatic rings. The van der Waals surface area contributed by atoms with Crippen LogP contribution in [0.2, 0.25) is 0 Å². The van der Waals surface area contributed by atoms with Crippen molar-refractivity contribution in [3.8, 4) is 5.75 Å². The molecule has 22 nitrogen and oxygen atoms in total. The van der Waals surface area contributed by atoms with Crippen molar-refractivity contribution in [2.75, 3.05) is 77.1 Å². The van der Waals surface area contributed by atoms with Crippen LogP contribution < -0.4 is 15.4 Å². The summed E-state index contributed by atoms with van der Waals surface area (Å²) < 4.78 is 11.2. The van der Waals surface area contributed by atoms with E-state index in [0.717, 1.165) is 0 Å². The van der Waals surface area contributed by atoms with Gasteiger partial charge in [-0.3, -0.25) is 52.8 Å². The van der Waals surface area contributed by atoms with Crippen molar-refractivity contribution in [1.29, 1.82) is 0 Å². The van der Waals surface area contributed by atoms with E-state index in [4.69, 9.17) is 9.47 Å². The van der Waals surface area contributed by atoms with Crippen LogP contribution in [0.15, 0.2) is 24.3 Å². The number of benzene rings is 1. The number of hydrogen-bond acceptors (Lipinski definition) is 13. The van der Waals surface area contributed by atoms with E-state index in [-0.39, 0.29) is 56.4 Å². The molecule has 83 heavy (non-hydrogen) atoms. The van der Waals surface area contributed by atoms with E-state index in [0.29, 0.717) is 17.7 Å². The van der Waals surface area contributed by atoms with E-state index in [2.05, 4.69) is 10.6 Å². The molecular formula is C61H104N10O12. The van der Waals surface area contributed by atoms with Gasteiger partial charge in [-0.15, -0.1) is 0 Å². The van der Waals surface area contributed by atoms with E-state index in [9.17, 15) is 38.4 Å². The fourth-order valence-corrected chi connectivity index (χ4v) is 10.6. The van der Waals surface area contributed by atoms with E-state index in [1.54, 1.807) is 71.1 Å². The number of esters is 1. The van der Waals surface area contributed by atoms with Crippen LogP contribution in [-0.2, 0) is 59.1 Å². The number of amides is 9. The monoisotopic (exact) mass is 1170 g/mol. The van der Waals surface area contributed by atoms with Crippen LogP contribution in [0.5, 0.6) is 5.75 Å². The summed E-state index contributed by atoms with van der Waals surface area (Å²) in [4.78, 5) is 156. The minimum Gasteiger partial charge on any atom is -0.497 e. The van der Waals surface area contributed by atoms with Crippen molar-refractivity contribution < 1.29 is 57.4 Å². The highest BCUT2D eigenvalue weighted by molar-refractivity contribution is 5.98. The predicted octanol–water partition coefficient (Wildman–Crippen LogP) is 3.77. The molecule has 0 aromatic heterocycles. The standard InChI is InChI=1S/C61H104N10O12/c1-24-39(10)50-53(73)62-40(11)54(74)69(20)47(32-35(2)3)52(72)63-45(34-43-27-29-44(82-23)30-28-43)57(77)65(16)31-25-26-46(58(78)66(17)42(13)56(76)71(50)22)68(19)59(79)48(33-36(4)5)70(21)55(75)41(12)67(18)60(80)51(38(8)9)83-61(81)49(37(6)7)64(14)15/h27-30,35-42,45-51H,24-26,31-34H2,1-23H3,(H,62,73)(H,63,72)/t39-,40-,41-,42-,45-,46+,47-,48-,49-,50-,51+/m0/s1. The minimum atomic E-state index is -1.27. The maximum absolute atomic E-state index is 15.2. The van der Waals surface area contributed by atoms with Gasteiger partial charge in [-0.1, -0.05) is 87.8 Å². The lowest BCUT2D eigenvalue weighted by molar-refractivity contribution is -0.169. The zero-order valence-electron chi connectivity index (χ0n) is 54.4. The average Bonchev–Trinajstić information content (AvgIpc) is 3.64. The summed E-state index contributed by atoms with van der Waals surface area (Å²) in [5.41, 5.74) is 0.704. The number of methoxy groups -OCH3 is 1. The van der Waals surface area contributed by atoms with E-state index in [1.165, 1.54) is 104 Å². The Balaban J connectivity index is 2.81. The molecule has 1 aromatic carbocycles. The first-order valence-electron chi connectivity index (χ1n) is 29.4. The lowest BCUT2D eigenvalue weighted by Crippen LogP contribution is -2.61. The Morgan fingerprint density at radius 2 is 1.25 bits per heavy atom. The van der Waals surface area contributed by atoms with Gasteiger partial charge in [-0.25, -0.2) is 0 Å². The van der Waals surface area contributed by atoms with Gasteiger partial charge in [0.05, 0.1) is 7.11 Å². The summed E-state index contributed by atoms with van der Waals surface area (Å²) >= 11 is 0. The van der Waals surface area contributed by atoms with E-state index in [1.807, 2.05) is 48.5 Å². The summed E-state index contributed by atoms with van der Waals surface area (Å²) in [6.07, 6.45) is -0.223. The molecule has 1 fully saturated rings. The number of rotatable bonds is 20. The highest BCUT2D eigenvalue weighted by Gasteiger charge is 2.44. The largest absolute Gasteiger partial charge is 0.497 e. The molecule has 2 N–H and O–H groups in total. The molecule has 9 amide bonds. The minimum absolute atomic E-state index is 0.0328. The van der Waals surface area contributed by atoms with Crippen LogP contribution in [0.3, 0.4) is 0 Å². The number of likely N-dealkylation sites (N-methyl/N-ethyl adjacent to an activating group) is 8. The fraction of sp³-hybridized carbons (Fsp3) is 0.738. The number of carbonyl (C=O) groups excluding carboxylic acids is 10. The van der Waals surface area contributed by atoms with Crippen molar-refractivity contribution in [3.63, 3.8) is 0 Å². The van der Waals surface area contributed by atoms with Crippen LogP contribution in [0, 0.1) is 29.6 Å². The lowest BCUT2D eigenvalue weighted by atomic mass is 9.95. The van der Waals surface area contributed by atoms with Crippen molar-refractivity contribution >= 4 is 59.1 Å². The van der Waals surface area contributed by atoms with Gasteiger partial charge in [0.1, 0.15) is 60.1 Å². The van der Waals surface area contributed by atoms with Crippen LogP contribution in [-0.4, -0.2) is 236 Å². The molecular weight excluding hydrogens is 1060 g/mol. The summed E-state index contributed by atoms with van der Waals surface area (Å²) in [5.74, 6) is -6.51. The van der Waals surface area contributed by atoms with Crippen LogP contribution >= 0.6 is 0 Å². The van der Waals surface area contributed by atoms with Crippen LogP contribution in [0.4, 0.5) is 0 Å². The topological polar surface area (TPSA) is 239 Å². The fourth-order valence-electron chi connectivity index (χ4n) is 10.6. The van der Waals surface area contributed by atoms with E-state index >= 15 is 9.59 Å². The summed E-state index contributed by atoms with van der Waals surface area (Å²) in [6, 6.07) is -2.79. The first-order valence-corrected chi connectivity index (χ1v) is 29.4. The van der Waals surface area contributed by atoms with Crippen molar-refractivity contribution in [1.82, 2.24) is 49.8 Å². The van der Waals surface area contributed by atoms with Gasteiger partial charge in [-0.2, -0.15) is 0 Å². The molecule has 0 saturated carbocycles. The van der Waals surface area contributed by atoms with E-state index < -0.39 is 131 Å². The van der Waals surface area contributed by atoms with Gasteiger partial charge in [0, 0.05) is 62.3 Å². The maximum atomic E-state index is 15.2. The summed E-state index contributed by atoms with van der Waals surface area (Å²) in [5, 5.41) is 5.75. The molecule has 1 saturated heterocycles. The van der Waals surface area contributed by atoms with Crippen molar-refractivity contribution in [3.05, 3.63) is 29.8 Å². The molecule has 22 heteroatoms. The molecule has 470 valence electrons. The third-order valence-corrected chi connectivity index (χ3v) is 16.3. The Hall–Kier alpha value is -6.32. The Bertz CT molecular complexity index is 2370. The zero-order valence-corrected chi connectivity index (χ0v) is 54.4. The summed E-state index contributed by atoms with van der Waals surface area (Å²) in [6.45, 7) is 23.1. The summed E-state index contributed by atoms with van der Waals surface area (Å²) in [7, 11) is 15.3. The molecule has 0 unspecified atom stereocenters. The molecule has 11 atom stereocenters. The quantitative estimate of drug-likeness (QED) is 0.177. The molecule has 0 spiro atoms. The molecule has 2 rings (SSSR count). The Labute approximate surface area is 496 Å². The highest BCUT2D eigenvalue weighted by atomic mass is 16.6. The molecule has 1 aliphatic heterocycles. The number of hydrogen-bond donors (Lipinski definition) is 2. The third kappa shape index (κ3) is 19.4. The van der Waals surface area contributed by atoms with Gasteiger partial charge in [-0.05, 0) is 108 Å². The average molecular weight is 1170 g/mol. The second-order valence-corrected chi connectivity index (χ2v) is 24.7. The number of carbonyl (C=O) groups is 10. The third-order valence-electron chi connectivity index (χ3n) is 16.3. The smallest absolute Gasteiger partial charge is 0.324 e. The van der Waals surface area contributed by atoms with Gasteiger partial charge in [0.15, 0.2) is 6.10 Å². The van der Waals surface area contributed by atoms with Gasteiger partial charge >= 0.3 is 5.97 Å². The van der Waals surface area contributed by atoms with Gasteiger partial charge in [0.25, 0.3) is 5.91 Å².